The maximum Gasteiger partial charge on any atom is 0.364 e. The van der Waals surface area contributed by atoms with Crippen LogP contribution < -0.4 is 11.1 Å². The Labute approximate surface area is 167 Å². The lowest BCUT2D eigenvalue weighted by atomic mass is 9.88. The molecule has 0 bridgehead atoms. The SMILES string of the molecule is CCCC[C@@H](N)C(=O)OC[C@@H](O)[C@@H](O)[C@@H]1O[C@](O)(C(=O)O)C[C@H](O)[C@H]1NC(C)=O. The van der Waals surface area contributed by atoms with E-state index in [1.165, 1.54) is 0 Å². The van der Waals surface area contributed by atoms with Gasteiger partial charge in [0, 0.05) is 13.3 Å². The Balaban J connectivity index is 2.86. The summed E-state index contributed by atoms with van der Waals surface area (Å²) in [5.41, 5.74) is 5.65. The van der Waals surface area contributed by atoms with Gasteiger partial charge in [0.15, 0.2) is 0 Å². The Morgan fingerprint density at radius 3 is 2.48 bits per heavy atom. The van der Waals surface area contributed by atoms with Gasteiger partial charge in [-0.2, -0.15) is 0 Å². The number of esters is 1. The number of nitrogens with two attached hydrogens (primary N) is 1. The quantitative estimate of drug-likeness (QED) is 0.179. The van der Waals surface area contributed by atoms with Crippen molar-refractivity contribution in [1.82, 2.24) is 5.32 Å². The van der Waals surface area contributed by atoms with Crippen molar-refractivity contribution in [2.24, 2.45) is 5.73 Å². The molecular weight excluding hydrogens is 392 g/mol. The molecule has 0 saturated carbocycles. The summed E-state index contributed by atoms with van der Waals surface area (Å²) >= 11 is 0. The molecule has 1 saturated heterocycles. The zero-order valence-corrected chi connectivity index (χ0v) is 16.4. The van der Waals surface area contributed by atoms with Crippen molar-refractivity contribution >= 4 is 17.8 Å². The van der Waals surface area contributed by atoms with Gasteiger partial charge in [0.1, 0.15) is 31.0 Å². The van der Waals surface area contributed by atoms with E-state index in [9.17, 15) is 34.8 Å². The number of unbranched alkanes of at least 4 members (excludes halogenated alkanes) is 1. The van der Waals surface area contributed by atoms with Gasteiger partial charge in [-0.05, 0) is 6.42 Å². The third kappa shape index (κ3) is 6.87. The minimum Gasteiger partial charge on any atom is -0.477 e. The second-order valence-electron chi connectivity index (χ2n) is 7.11. The van der Waals surface area contributed by atoms with Crippen LogP contribution in [0.3, 0.4) is 0 Å². The van der Waals surface area contributed by atoms with Crippen LogP contribution in [-0.4, -0.2) is 92.3 Å². The molecule has 0 aromatic heterocycles. The number of aliphatic carboxylic acids is 1. The van der Waals surface area contributed by atoms with Gasteiger partial charge >= 0.3 is 11.9 Å². The first-order valence-electron chi connectivity index (χ1n) is 9.30. The number of carboxylic acids is 1. The van der Waals surface area contributed by atoms with Crippen LogP contribution in [0, 0.1) is 0 Å². The molecule has 0 radical (unpaired) electrons. The van der Waals surface area contributed by atoms with Gasteiger partial charge in [0.2, 0.25) is 5.91 Å². The lowest BCUT2D eigenvalue weighted by Gasteiger charge is -2.44. The zero-order chi connectivity index (χ0) is 22.4. The molecule has 1 aliphatic heterocycles. The van der Waals surface area contributed by atoms with Crippen LogP contribution in [0.25, 0.3) is 0 Å². The summed E-state index contributed by atoms with van der Waals surface area (Å²) in [6, 6.07) is -2.24. The second-order valence-corrected chi connectivity index (χ2v) is 7.11. The Morgan fingerprint density at radius 2 is 1.97 bits per heavy atom. The summed E-state index contributed by atoms with van der Waals surface area (Å²) < 4.78 is 9.87. The monoisotopic (exact) mass is 422 g/mol. The molecule has 7 atom stereocenters. The number of amides is 1. The fourth-order valence-electron chi connectivity index (χ4n) is 2.94. The highest BCUT2D eigenvalue weighted by molar-refractivity contribution is 5.76. The largest absolute Gasteiger partial charge is 0.477 e. The van der Waals surface area contributed by atoms with Crippen molar-refractivity contribution in [2.45, 2.75) is 81.8 Å². The first-order chi connectivity index (χ1) is 13.4. The number of carboxylic acid groups (broad SMARTS) is 1. The molecule has 1 fully saturated rings. The Bertz CT molecular complexity index is 589. The molecule has 168 valence electrons. The van der Waals surface area contributed by atoms with Gasteiger partial charge in [0.05, 0.1) is 12.1 Å². The minimum absolute atomic E-state index is 0.377. The van der Waals surface area contributed by atoms with E-state index in [0.29, 0.717) is 12.8 Å². The number of ether oxygens (including phenoxy) is 2. The second kappa shape index (κ2) is 10.8. The molecule has 0 aliphatic carbocycles. The number of rotatable bonds is 10. The number of carbonyl (C=O) groups excluding carboxylic acids is 2. The van der Waals surface area contributed by atoms with Crippen molar-refractivity contribution in [2.75, 3.05) is 6.61 Å². The fourth-order valence-corrected chi connectivity index (χ4v) is 2.94. The minimum atomic E-state index is -2.85. The summed E-state index contributed by atoms with van der Waals surface area (Å²) in [6.07, 6.45) is -5.91. The molecule has 1 amide bonds. The summed E-state index contributed by atoms with van der Waals surface area (Å²) in [6.45, 7) is 2.33. The molecule has 12 heteroatoms. The molecule has 12 nitrogen and oxygen atoms in total. The molecule has 0 aromatic rings. The molecule has 0 aromatic carbocycles. The van der Waals surface area contributed by atoms with Gasteiger partial charge in [-0.1, -0.05) is 19.8 Å². The van der Waals surface area contributed by atoms with Crippen LogP contribution in [0.15, 0.2) is 0 Å². The van der Waals surface area contributed by atoms with E-state index in [0.717, 1.165) is 13.3 Å². The van der Waals surface area contributed by atoms with Crippen molar-refractivity contribution in [3.63, 3.8) is 0 Å². The average molecular weight is 422 g/mol. The molecule has 8 N–H and O–H groups in total. The van der Waals surface area contributed by atoms with Gasteiger partial charge < -0.3 is 46.1 Å². The molecule has 1 heterocycles. The summed E-state index contributed by atoms with van der Waals surface area (Å²) in [4.78, 5) is 34.5. The third-order valence-corrected chi connectivity index (χ3v) is 4.59. The van der Waals surface area contributed by atoms with Crippen LogP contribution in [0.1, 0.15) is 39.5 Å². The summed E-state index contributed by atoms with van der Waals surface area (Å²) in [5, 5.41) is 52.2. The highest BCUT2D eigenvalue weighted by Gasteiger charge is 2.54. The maximum absolute atomic E-state index is 11.8. The molecule has 29 heavy (non-hydrogen) atoms. The Morgan fingerprint density at radius 1 is 1.34 bits per heavy atom. The topological polar surface area (TPSA) is 209 Å². The van der Waals surface area contributed by atoms with E-state index in [-0.39, 0.29) is 0 Å². The third-order valence-electron chi connectivity index (χ3n) is 4.59. The van der Waals surface area contributed by atoms with E-state index >= 15 is 0 Å². The van der Waals surface area contributed by atoms with Crippen LogP contribution in [0.2, 0.25) is 0 Å². The molecule has 0 unspecified atom stereocenters. The van der Waals surface area contributed by atoms with Crippen LogP contribution >= 0.6 is 0 Å². The lowest BCUT2D eigenvalue weighted by Crippen LogP contribution is -2.67. The number of aliphatic hydroxyl groups excluding tert-OH is 3. The number of aliphatic hydroxyl groups is 4. The number of hydrogen-bond donors (Lipinski definition) is 7. The molecule has 1 rings (SSSR count). The standard InChI is InChI=1S/C17H30N2O10/c1-3-4-5-9(18)15(24)28-7-11(22)13(23)14-12(19-8(2)20)10(21)6-17(27,29-14)16(25)26/h9-14,21-23,27H,3-7,18H2,1-2H3,(H,19,20)(H,25,26)/t9-,10+,11-,12-,13-,14-,17+/m1/s1. The first-order valence-corrected chi connectivity index (χ1v) is 9.30. The van der Waals surface area contributed by atoms with Gasteiger partial charge in [-0.25, -0.2) is 4.79 Å². The predicted octanol–water partition coefficient (Wildman–Crippen LogP) is -2.80. The first kappa shape index (κ1) is 25.2. The van der Waals surface area contributed by atoms with Crippen LogP contribution in [0.4, 0.5) is 0 Å². The lowest BCUT2D eigenvalue weighted by molar-refractivity contribution is -0.295. The van der Waals surface area contributed by atoms with Gasteiger partial charge in [-0.15, -0.1) is 0 Å². The highest BCUT2D eigenvalue weighted by Crippen LogP contribution is 2.30. The van der Waals surface area contributed by atoms with Crippen LogP contribution in [0.5, 0.6) is 0 Å². The van der Waals surface area contributed by atoms with E-state index in [4.69, 9.17) is 20.3 Å². The highest BCUT2D eigenvalue weighted by atomic mass is 16.7. The smallest absolute Gasteiger partial charge is 0.364 e. The van der Waals surface area contributed by atoms with Crippen molar-refractivity contribution in [3.8, 4) is 0 Å². The fraction of sp³-hybridized carbons (Fsp3) is 0.824. The van der Waals surface area contributed by atoms with E-state index < -0.39 is 73.2 Å². The predicted molar refractivity (Wildman–Crippen MR) is 96.2 cm³/mol. The maximum atomic E-state index is 11.8. The van der Waals surface area contributed by atoms with E-state index in [1.54, 1.807) is 0 Å². The number of hydrogen-bond acceptors (Lipinski definition) is 10. The van der Waals surface area contributed by atoms with Crippen LogP contribution in [-0.2, 0) is 23.9 Å². The van der Waals surface area contributed by atoms with Gasteiger partial charge in [0.25, 0.3) is 5.79 Å². The Hall–Kier alpha value is -1.83. The molecule has 0 spiro atoms. The van der Waals surface area contributed by atoms with E-state index in [2.05, 4.69) is 5.32 Å². The number of carbonyl (C=O) groups is 3. The van der Waals surface area contributed by atoms with Crippen molar-refractivity contribution < 1.29 is 49.4 Å². The number of nitrogens with one attached hydrogen (secondary N) is 1. The molecular formula is C17H30N2O10. The average Bonchev–Trinajstić information content (AvgIpc) is 2.64. The van der Waals surface area contributed by atoms with E-state index in [1.807, 2.05) is 6.92 Å². The van der Waals surface area contributed by atoms with Crippen molar-refractivity contribution in [1.29, 1.82) is 0 Å². The van der Waals surface area contributed by atoms with Gasteiger partial charge in [-0.3, -0.25) is 9.59 Å². The zero-order valence-electron chi connectivity index (χ0n) is 16.4. The summed E-state index contributed by atoms with van der Waals surface area (Å²) in [7, 11) is 0. The summed E-state index contributed by atoms with van der Waals surface area (Å²) in [5.74, 6) is -6.09. The molecule has 1 aliphatic rings. The normalized spacial score (nSPS) is 30.1. The van der Waals surface area contributed by atoms with Crippen molar-refractivity contribution in [3.05, 3.63) is 0 Å². The Kier molecular flexibility index (Phi) is 9.39.